The van der Waals surface area contributed by atoms with Gasteiger partial charge < -0.3 is 19.3 Å². The first-order valence-electron chi connectivity index (χ1n) is 6.69. The lowest BCUT2D eigenvalue weighted by Crippen LogP contribution is -2.30. The largest absolute Gasteiger partial charge is 0.496 e. The number of nitrogens with one attached hydrogen (secondary N) is 1. The number of hydrogen-bond acceptors (Lipinski definition) is 6. The van der Waals surface area contributed by atoms with Crippen molar-refractivity contribution < 1.29 is 23.6 Å². The summed E-state index contributed by atoms with van der Waals surface area (Å²) < 4.78 is 15.7. The lowest BCUT2D eigenvalue weighted by atomic mass is 10.2. The minimum Gasteiger partial charge on any atom is -0.496 e. The molecule has 0 radical (unpaired) electrons. The fraction of sp³-hybridized carbons (Fsp3) is 0.267. The zero-order chi connectivity index (χ0) is 17.0. The SMILES string of the molecule is COc1ccc(C(=O)O[C@@H](C)C(=O)Nc2cc(C)on2)cc1Br. The summed E-state index contributed by atoms with van der Waals surface area (Å²) in [6.45, 7) is 3.17. The molecule has 1 aromatic carbocycles. The molecule has 1 amide bonds. The molecule has 1 N–H and O–H groups in total. The van der Waals surface area contributed by atoms with E-state index in [1.807, 2.05) is 0 Å². The van der Waals surface area contributed by atoms with E-state index in [2.05, 4.69) is 26.4 Å². The Morgan fingerprint density at radius 2 is 2.09 bits per heavy atom. The van der Waals surface area contributed by atoms with Gasteiger partial charge in [0.25, 0.3) is 5.91 Å². The molecule has 0 saturated carbocycles. The average molecular weight is 383 g/mol. The molecule has 0 spiro atoms. The highest BCUT2D eigenvalue weighted by Gasteiger charge is 2.20. The smallest absolute Gasteiger partial charge is 0.338 e. The van der Waals surface area contributed by atoms with Crippen LogP contribution >= 0.6 is 15.9 Å². The molecule has 8 heteroatoms. The Morgan fingerprint density at radius 3 is 2.65 bits per heavy atom. The van der Waals surface area contributed by atoms with Crippen molar-refractivity contribution in [1.82, 2.24) is 5.16 Å². The first-order valence-corrected chi connectivity index (χ1v) is 7.48. The van der Waals surface area contributed by atoms with Crippen LogP contribution in [-0.2, 0) is 9.53 Å². The van der Waals surface area contributed by atoms with Crippen molar-refractivity contribution in [3.63, 3.8) is 0 Å². The number of nitrogens with zero attached hydrogens (tertiary/aromatic N) is 1. The maximum absolute atomic E-state index is 12.1. The normalized spacial score (nSPS) is 11.7. The number of halogens is 1. The minimum absolute atomic E-state index is 0.266. The standard InChI is InChI=1S/C15H15BrN2O5/c1-8-6-13(18-23-8)17-14(19)9(2)22-15(20)10-4-5-12(21-3)11(16)7-10/h4-7,9H,1-3H3,(H,17,18,19)/t9-/m0/s1. The Hall–Kier alpha value is -2.35. The highest BCUT2D eigenvalue weighted by molar-refractivity contribution is 9.10. The number of anilines is 1. The maximum atomic E-state index is 12.1. The predicted molar refractivity (Wildman–Crippen MR) is 85.4 cm³/mol. The number of rotatable bonds is 5. The van der Waals surface area contributed by atoms with Gasteiger partial charge in [-0.1, -0.05) is 5.16 Å². The van der Waals surface area contributed by atoms with Crippen LogP contribution in [-0.4, -0.2) is 30.2 Å². The lowest BCUT2D eigenvalue weighted by Gasteiger charge is -2.13. The van der Waals surface area contributed by atoms with Crippen molar-refractivity contribution in [2.45, 2.75) is 20.0 Å². The topological polar surface area (TPSA) is 90.7 Å². The molecule has 1 heterocycles. The number of aryl methyl sites for hydroxylation is 1. The molecule has 1 atom stereocenters. The van der Waals surface area contributed by atoms with E-state index in [4.69, 9.17) is 14.0 Å². The van der Waals surface area contributed by atoms with E-state index in [1.54, 1.807) is 31.2 Å². The van der Waals surface area contributed by atoms with E-state index < -0.39 is 18.0 Å². The number of carbonyl (C=O) groups is 2. The van der Waals surface area contributed by atoms with Gasteiger partial charge in [-0.3, -0.25) is 4.79 Å². The second-order valence-electron chi connectivity index (χ2n) is 4.71. The van der Waals surface area contributed by atoms with E-state index in [1.165, 1.54) is 14.0 Å². The van der Waals surface area contributed by atoms with Gasteiger partial charge in [0.05, 0.1) is 17.1 Å². The molecule has 23 heavy (non-hydrogen) atoms. The molecule has 0 unspecified atom stereocenters. The first-order chi connectivity index (χ1) is 10.9. The van der Waals surface area contributed by atoms with E-state index in [-0.39, 0.29) is 5.82 Å². The summed E-state index contributed by atoms with van der Waals surface area (Å²) in [5.41, 5.74) is 0.301. The van der Waals surface area contributed by atoms with Gasteiger partial charge in [0.2, 0.25) is 0 Å². The Morgan fingerprint density at radius 1 is 1.35 bits per heavy atom. The van der Waals surface area contributed by atoms with Crippen molar-refractivity contribution >= 4 is 33.6 Å². The summed E-state index contributed by atoms with van der Waals surface area (Å²) in [6, 6.07) is 6.31. The van der Waals surface area contributed by atoms with Gasteiger partial charge in [-0.15, -0.1) is 0 Å². The van der Waals surface area contributed by atoms with E-state index in [0.717, 1.165) is 0 Å². The van der Waals surface area contributed by atoms with Crippen LogP contribution in [0.25, 0.3) is 0 Å². The number of amides is 1. The Labute approximate surface area is 141 Å². The van der Waals surface area contributed by atoms with Crippen molar-refractivity contribution in [2.75, 3.05) is 12.4 Å². The quantitative estimate of drug-likeness (QED) is 0.799. The molecular formula is C15H15BrN2O5. The molecular weight excluding hydrogens is 368 g/mol. The molecule has 7 nitrogen and oxygen atoms in total. The van der Waals surface area contributed by atoms with Gasteiger partial charge >= 0.3 is 5.97 Å². The van der Waals surface area contributed by atoms with Crippen LogP contribution in [0.3, 0.4) is 0 Å². The van der Waals surface area contributed by atoms with Crippen LogP contribution in [0.5, 0.6) is 5.75 Å². The summed E-state index contributed by atoms with van der Waals surface area (Å²) in [5, 5.41) is 6.14. The molecule has 122 valence electrons. The number of esters is 1. The second kappa shape index (κ2) is 7.28. The fourth-order valence-electron chi connectivity index (χ4n) is 1.73. The van der Waals surface area contributed by atoms with Gasteiger partial charge in [0.1, 0.15) is 11.5 Å². The van der Waals surface area contributed by atoms with E-state index in [9.17, 15) is 9.59 Å². The molecule has 0 aliphatic carbocycles. The van der Waals surface area contributed by atoms with Crippen LogP contribution in [0.2, 0.25) is 0 Å². The Balaban J connectivity index is 1.98. The third kappa shape index (κ3) is 4.32. The molecule has 0 bridgehead atoms. The van der Waals surface area contributed by atoms with Crippen LogP contribution in [0, 0.1) is 6.92 Å². The number of hydrogen-bond donors (Lipinski definition) is 1. The monoisotopic (exact) mass is 382 g/mol. The van der Waals surface area contributed by atoms with Crippen LogP contribution in [0.15, 0.2) is 33.3 Å². The Bertz CT molecular complexity index is 728. The average Bonchev–Trinajstić information content (AvgIpc) is 2.92. The van der Waals surface area contributed by atoms with Crippen molar-refractivity contribution in [3.05, 3.63) is 40.1 Å². The third-order valence-electron chi connectivity index (χ3n) is 2.92. The van der Waals surface area contributed by atoms with Gasteiger partial charge in [-0.05, 0) is 48.0 Å². The summed E-state index contributed by atoms with van der Waals surface area (Å²) in [6.07, 6.45) is -0.986. The minimum atomic E-state index is -0.986. The molecule has 0 aliphatic heterocycles. The maximum Gasteiger partial charge on any atom is 0.338 e. The third-order valence-corrected chi connectivity index (χ3v) is 3.54. The van der Waals surface area contributed by atoms with E-state index >= 15 is 0 Å². The molecule has 0 saturated heterocycles. The van der Waals surface area contributed by atoms with Gasteiger partial charge in [0.15, 0.2) is 11.9 Å². The van der Waals surface area contributed by atoms with Crippen molar-refractivity contribution in [1.29, 1.82) is 0 Å². The van der Waals surface area contributed by atoms with Gasteiger partial charge in [-0.25, -0.2) is 4.79 Å². The Kier molecular flexibility index (Phi) is 5.38. The number of ether oxygens (including phenoxy) is 2. The summed E-state index contributed by atoms with van der Waals surface area (Å²) in [5.74, 6) is 0.302. The molecule has 2 rings (SSSR count). The lowest BCUT2D eigenvalue weighted by molar-refractivity contribution is -0.123. The van der Waals surface area contributed by atoms with Gasteiger partial charge in [0, 0.05) is 6.07 Å². The number of carbonyl (C=O) groups excluding carboxylic acids is 2. The number of benzene rings is 1. The first kappa shape index (κ1) is 17.0. The van der Waals surface area contributed by atoms with Crippen LogP contribution in [0.1, 0.15) is 23.0 Å². The van der Waals surface area contributed by atoms with E-state index in [0.29, 0.717) is 21.5 Å². The van der Waals surface area contributed by atoms with Crippen LogP contribution in [0.4, 0.5) is 5.82 Å². The zero-order valence-electron chi connectivity index (χ0n) is 12.8. The zero-order valence-corrected chi connectivity index (χ0v) is 14.3. The van der Waals surface area contributed by atoms with Crippen molar-refractivity contribution in [3.8, 4) is 5.75 Å². The van der Waals surface area contributed by atoms with Crippen LogP contribution < -0.4 is 10.1 Å². The summed E-state index contributed by atoms with van der Waals surface area (Å²) in [4.78, 5) is 24.0. The molecule has 2 aromatic rings. The number of aromatic nitrogens is 1. The second-order valence-corrected chi connectivity index (χ2v) is 5.56. The van der Waals surface area contributed by atoms with Gasteiger partial charge in [-0.2, -0.15) is 0 Å². The fourth-order valence-corrected chi connectivity index (χ4v) is 2.27. The highest BCUT2D eigenvalue weighted by atomic mass is 79.9. The molecule has 0 aliphatic rings. The summed E-state index contributed by atoms with van der Waals surface area (Å²) >= 11 is 3.29. The van der Waals surface area contributed by atoms with Crippen molar-refractivity contribution in [2.24, 2.45) is 0 Å². The number of methoxy groups -OCH3 is 1. The molecule has 0 fully saturated rings. The highest BCUT2D eigenvalue weighted by Crippen LogP contribution is 2.26. The molecule has 1 aromatic heterocycles. The predicted octanol–water partition coefficient (Wildman–Crippen LogP) is 2.94. The summed E-state index contributed by atoms with van der Waals surface area (Å²) in [7, 11) is 1.52.